The molecule has 2 rings (SSSR count). The number of anilines is 1. The highest BCUT2D eigenvalue weighted by Gasteiger charge is 2.33. The maximum Gasteiger partial charge on any atom is 0.216 e. The summed E-state index contributed by atoms with van der Waals surface area (Å²) in [7, 11) is -3.21. The van der Waals surface area contributed by atoms with Crippen LogP contribution in [0.25, 0.3) is 0 Å². The smallest absolute Gasteiger partial charge is 0.216 e. The molecule has 0 aromatic carbocycles. The van der Waals surface area contributed by atoms with E-state index in [0.29, 0.717) is 31.1 Å². The molecule has 0 amide bonds. The van der Waals surface area contributed by atoms with Crippen molar-refractivity contribution in [2.45, 2.75) is 18.6 Å². The number of hydrogen-bond donors (Lipinski definition) is 1. The van der Waals surface area contributed by atoms with Crippen LogP contribution in [0.2, 0.25) is 5.02 Å². The van der Waals surface area contributed by atoms with E-state index in [9.17, 15) is 8.42 Å². The molecule has 1 aliphatic rings. The maximum atomic E-state index is 11.9. The molecular formula is C11H16ClN3O2S. The molecule has 0 radical (unpaired) electrons. The number of pyridine rings is 1. The Morgan fingerprint density at radius 3 is 3.06 bits per heavy atom. The predicted molar refractivity (Wildman–Crippen MR) is 72.5 cm³/mol. The second-order valence-electron chi connectivity index (χ2n) is 4.23. The van der Waals surface area contributed by atoms with Crippen LogP contribution in [0.4, 0.5) is 5.69 Å². The van der Waals surface area contributed by atoms with Gasteiger partial charge in [-0.05, 0) is 12.5 Å². The highest BCUT2D eigenvalue weighted by Crippen LogP contribution is 2.29. The van der Waals surface area contributed by atoms with Crippen molar-refractivity contribution in [3.8, 4) is 0 Å². The second kappa shape index (κ2) is 5.42. The minimum Gasteiger partial charge on any atom is -0.369 e. The molecule has 0 bridgehead atoms. The van der Waals surface area contributed by atoms with Gasteiger partial charge in [0.1, 0.15) is 0 Å². The normalized spacial score (nSPS) is 20.3. The van der Waals surface area contributed by atoms with E-state index >= 15 is 0 Å². The standard InChI is InChI=1S/C11H16ClN3O2S/c1-2-14-18(16,17)9-4-6-15(8-9)11-3-5-13-7-10(11)12/h3,5,7,9,14H,2,4,6,8H2,1H3. The molecule has 1 atom stereocenters. The molecule has 1 fully saturated rings. The van der Waals surface area contributed by atoms with Crippen molar-refractivity contribution >= 4 is 27.3 Å². The molecule has 18 heavy (non-hydrogen) atoms. The molecule has 0 aliphatic carbocycles. The molecule has 1 aromatic heterocycles. The van der Waals surface area contributed by atoms with Gasteiger partial charge in [0.05, 0.1) is 16.0 Å². The Balaban J connectivity index is 2.12. The lowest BCUT2D eigenvalue weighted by atomic mass is 10.4. The average molecular weight is 290 g/mol. The monoisotopic (exact) mass is 289 g/mol. The summed E-state index contributed by atoms with van der Waals surface area (Å²) in [6, 6.07) is 1.81. The number of nitrogens with one attached hydrogen (secondary N) is 1. The van der Waals surface area contributed by atoms with E-state index in [1.54, 1.807) is 19.3 Å². The molecule has 1 N–H and O–H groups in total. The van der Waals surface area contributed by atoms with Crippen LogP contribution in [0.1, 0.15) is 13.3 Å². The Morgan fingerprint density at radius 2 is 2.39 bits per heavy atom. The molecule has 0 saturated carbocycles. The number of hydrogen-bond acceptors (Lipinski definition) is 4. The van der Waals surface area contributed by atoms with Crippen molar-refractivity contribution in [2.24, 2.45) is 0 Å². The quantitative estimate of drug-likeness (QED) is 0.906. The van der Waals surface area contributed by atoms with Crippen LogP contribution in [0.15, 0.2) is 18.5 Å². The summed E-state index contributed by atoms with van der Waals surface area (Å²) >= 11 is 6.06. The van der Waals surface area contributed by atoms with Gasteiger partial charge in [0, 0.05) is 32.0 Å². The van der Waals surface area contributed by atoms with Gasteiger partial charge >= 0.3 is 0 Å². The minimum absolute atomic E-state index is 0.373. The summed E-state index contributed by atoms with van der Waals surface area (Å²) in [6.45, 7) is 3.37. The van der Waals surface area contributed by atoms with Gasteiger partial charge in [0.25, 0.3) is 0 Å². The van der Waals surface area contributed by atoms with Crippen LogP contribution < -0.4 is 9.62 Å². The third kappa shape index (κ3) is 2.76. The number of rotatable bonds is 4. The molecule has 1 aromatic rings. The fourth-order valence-electron chi connectivity index (χ4n) is 2.14. The van der Waals surface area contributed by atoms with E-state index < -0.39 is 10.0 Å². The van der Waals surface area contributed by atoms with E-state index in [2.05, 4.69) is 9.71 Å². The predicted octanol–water partition coefficient (Wildman–Crippen LogP) is 1.25. The summed E-state index contributed by atoms with van der Waals surface area (Å²) in [5.41, 5.74) is 0.848. The highest BCUT2D eigenvalue weighted by atomic mass is 35.5. The van der Waals surface area contributed by atoms with Gasteiger partial charge in [-0.3, -0.25) is 4.98 Å². The number of nitrogens with zero attached hydrogens (tertiary/aromatic N) is 2. The van der Waals surface area contributed by atoms with Crippen LogP contribution in [0, 0.1) is 0 Å². The molecule has 1 aliphatic heterocycles. The van der Waals surface area contributed by atoms with Gasteiger partial charge in [-0.1, -0.05) is 18.5 Å². The molecule has 1 unspecified atom stereocenters. The molecule has 100 valence electrons. The molecule has 5 nitrogen and oxygen atoms in total. The van der Waals surface area contributed by atoms with E-state index in [-0.39, 0.29) is 5.25 Å². The fraction of sp³-hybridized carbons (Fsp3) is 0.545. The van der Waals surface area contributed by atoms with Crippen molar-refractivity contribution in [1.82, 2.24) is 9.71 Å². The van der Waals surface area contributed by atoms with Crippen LogP contribution in [-0.4, -0.2) is 38.3 Å². The number of sulfonamides is 1. The van der Waals surface area contributed by atoms with E-state index in [1.807, 2.05) is 11.0 Å². The third-order valence-electron chi connectivity index (χ3n) is 3.02. The summed E-state index contributed by atoms with van der Waals surface area (Å²) < 4.78 is 26.4. The first kappa shape index (κ1) is 13.6. The van der Waals surface area contributed by atoms with E-state index in [0.717, 1.165) is 5.69 Å². The van der Waals surface area contributed by atoms with Crippen molar-refractivity contribution in [2.75, 3.05) is 24.5 Å². The van der Waals surface area contributed by atoms with E-state index in [4.69, 9.17) is 11.6 Å². The molecule has 1 saturated heterocycles. The van der Waals surface area contributed by atoms with Gasteiger partial charge in [0.2, 0.25) is 10.0 Å². The maximum absolute atomic E-state index is 11.9. The summed E-state index contributed by atoms with van der Waals surface area (Å²) in [5, 5.41) is 0.181. The topological polar surface area (TPSA) is 62.3 Å². The van der Waals surface area contributed by atoms with Crippen molar-refractivity contribution in [3.05, 3.63) is 23.5 Å². The first-order valence-corrected chi connectivity index (χ1v) is 7.80. The van der Waals surface area contributed by atoms with Gasteiger partial charge in [-0.25, -0.2) is 13.1 Å². The van der Waals surface area contributed by atoms with Gasteiger partial charge in [-0.15, -0.1) is 0 Å². The first-order valence-electron chi connectivity index (χ1n) is 5.87. The lowest BCUT2D eigenvalue weighted by Crippen LogP contribution is -2.36. The van der Waals surface area contributed by atoms with Crippen LogP contribution >= 0.6 is 11.6 Å². The van der Waals surface area contributed by atoms with Crippen molar-refractivity contribution in [3.63, 3.8) is 0 Å². The van der Waals surface area contributed by atoms with Crippen molar-refractivity contribution < 1.29 is 8.42 Å². The zero-order valence-electron chi connectivity index (χ0n) is 10.1. The Hall–Kier alpha value is -0.850. The Morgan fingerprint density at radius 1 is 1.61 bits per heavy atom. The molecular weight excluding hydrogens is 274 g/mol. The summed E-state index contributed by atoms with van der Waals surface area (Å²) in [5.74, 6) is 0. The van der Waals surface area contributed by atoms with Crippen molar-refractivity contribution in [1.29, 1.82) is 0 Å². The minimum atomic E-state index is -3.21. The Kier molecular flexibility index (Phi) is 4.09. The number of aromatic nitrogens is 1. The Labute approximate surface area is 112 Å². The van der Waals surface area contributed by atoms with Gasteiger partial charge in [-0.2, -0.15) is 0 Å². The first-order chi connectivity index (χ1) is 8.54. The summed E-state index contributed by atoms with van der Waals surface area (Å²) in [6.07, 6.45) is 3.85. The van der Waals surface area contributed by atoms with Crippen LogP contribution in [-0.2, 0) is 10.0 Å². The van der Waals surface area contributed by atoms with Gasteiger partial charge in [0.15, 0.2) is 0 Å². The Bertz CT molecular complexity index is 521. The molecule has 7 heteroatoms. The summed E-state index contributed by atoms with van der Waals surface area (Å²) in [4.78, 5) is 5.91. The largest absolute Gasteiger partial charge is 0.369 e. The zero-order chi connectivity index (χ0) is 13.2. The van der Waals surface area contributed by atoms with Gasteiger partial charge < -0.3 is 4.90 Å². The molecule has 2 heterocycles. The fourth-order valence-corrected chi connectivity index (χ4v) is 3.81. The zero-order valence-corrected chi connectivity index (χ0v) is 11.7. The highest BCUT2D eigenvalue weighted by molar-refractivity contribution is 7.90. The lowest BCUT2D eigenvalue weighted by molar-refractivity contribution is 0.571. The van der Waals surface area contributed by atoms with Crippen LogP contribution in [0.5, 0.6) is 0 Å². The second-order valence-corrected chi connectivity index (χ2v) is 6.68. The third-order valence-corrected chi connectivity index (χ3v) is 5.27. The number of halogens is 1. The SMILES string of the molecule is CCNS(=O)(=O)C1CCN(c2ccncc2Cl)C1. The lowest BCUT2D eigenvalue weighted by Gasteiger charge is -2.19. The molecule has 0 spiro atoms. The van der Waals surface area contributed by atoms with Crippen LogP contribution in [0.3, 0.4) is 0 Å². The average Bonchev–Trinajstić information content (AvgIpc) is 2.79. The van der Waals surface area contributed by atoms with E-state index in [1.165, 1.54) is 0 Å².